The lowest BCUT2D eigenvalue weighted by Crippen LogP contribution is -2.20. The predicted molar refractivity (Wildman–Crippen MR) is 35.7 cm³/mol. The molecule has 0 aromatic rings. The topological polar surface area (TPSA) is 43.1 Å². The molecule has 2 heteroatoms. The molecule has 1 aliphatic rings. The van der Waals surface area contributed by atoms with Crippen LogP contribution >= 0.6 is 0 Å². The Morgan fingerprint density at radius 1 is 1.89 bits per heavy atom. The number of carbonyl (C=O) groups excluding carboxylic acids is 1. The highest BCUT2D eigenvalue weighted by atomic mass is 16.1. The van der Waals surface area contributed by atoms with Gasteiger partial charge in [0.25, 0.3) is 0 Å². The summed E-state index contributed by atoms with van der Waals surface area (Å²) in [4.78, 5) is 10.5. The van der Waals surface area contributed by atoms with Crippen LogP contribution in [0.1, 0.15) is 19.8 Å². The third-order valence-electron chi connectivity index (χ3n) is 1.72. The molecular weight excluding hydrogens is 114 g/mol. The Kier molecular flexibility index (Phi) is 1.56. The van der Waals surface area contributed by atoms with Gasteiger partial charge in [-0.2, -0.15) is 0 Å². The van der Waals surface area contributed by atoms with Crippen molar-refractivity contribution in [2.45, 2.75) is 19.8 Å². The van der Waals surface area contributed by atoms with Crippen LogP contribution in [0.25, 0.3) is 0 Å². The van der Waals surface area contributed by atoms with E-state index in [0.29, 0.717) is 0 Å². The number of amides is 1. The molecule has 0 bridgehead atoms. The van der Waals surface area contributed by atoms with Gasteiger partial charge in [0.15, 0.2) is 0 Å². The number of hydrogen-bond acceptors (Lipinski definition) is 1. The first-order valence-electron chi connectivity index (χ1n) is 3.15. The molecule has 9 heavy (non-hydrogen) atoms. The van der Waals surface area contributed by atoms with E-state index in [2.05, 4.69) is 6.08 Å². The average molecular weight is 125 g/mol. The molecule has 0 saturated heterocycles. The summed E-state index contributed by atoms with van der Waals surface area (Å²) in [5, 5.41) is 0. The van der Waals surface area contributed by atoms with E-state index in [1.165, 1.54) is 5.57 Å². The quantitative estimate of drug-likeness (QED) is 0.518. The molecule has 2 nitrogen and oxygen atoms in total. The van der Waals surface area contributed by atoms with Gasteiger partial charge in [-0.25, -0.2) is 0 Å². The van der Waals surface area contributed by atoms with Gasteiger partial charge in [0.1, 0.15) is 0 Å². The summed E-state index contributed by atoms with van der Waals surface area (Å²) < 4.78 is 0. The third-order valence-corrected chi connectivity index (χ3v) is 1.72. The predicted octanol–water partition coefficient (Wildman–Crippen LogP) is 0.828. The Bertz CT molecular complexity index is 160. The summed E-state index contributed by atoms with van der Waals surface area (Å²) in [5.41, 5.74) is 6.38. The number of nitrogens with two attached hydrogens (primary N) is 1. The van der Waals surface area contributed by atoms with Gasteiger partial charge in [-0.3, -0.25) is 4.79 Å². The Morgan fingerprint density at radius 2 is 2.56 bits per heavy atom. The van der Waals surface area contributed by atoms with Crippen LogP contribution in [0.3, 0.4) is 0 Å². The molecule has 1 aliphatic carbocycles. The lowest BCUT2D eigenvalue weighted by atomic mass is 10.1. The fraction of sp³-hybridized carbons (Fsp3) is 0.571. The Morgan fingerprint density at radius 3 is 2.78 bits per heavy atom. The minimum atomic E-state index is -0.164. The lowest BCUT2D eigenvalue weighted by Gasteiger charge is -2.01. The lowest BCUT2D eigenvalue weighted by molar-refractivity contribution is -0.121. The maximum atomic E-state index is 10.5. The summed E-state index contributed by atoms with van der Waals surface area (Å²) in [7, 11) is 0. The normalized spacial score (nSPS) is 25.9. The zero-order valence-electron chi connectivity index (χ0n) is 5.55. The second-order valence-electron chi connectivity index (χ2n) is 2.59. The van der Waals surface area contributed by atoms with Gasteiger partial charge in [-0.15, -0.1) is 0 Å². The maximum Gasteiger partial charge on any atom is 0.221 e. The van der Waals surface area contributed by atoms with E-state index in [-0.39, 0.29) is 11.8 Å². The van der Waals surface area contributed by atoms with Crippen LogP contribution in [0.2, 0.25) is 0 Å². The number of allylic oxidation sites excluding steroid dienone is 2. The van der Waals surface area contributed by atoms with Crippen LogP contribution in [0, 0.1) is 5.92 Å². The molecule has 0 unspecified atom stereocenters. The van der Waals surface area contributed by atoms with Gasteiger partial charge in [0.2, 0.25) is 5.91 Å². The summed E-state index contributed by atoms with van der Waals surface area (Å²) in [6, 6.07) is 0. The molecule has 1 atom stereocenters. The summed E-state index contributed by atoms with van der Waals surface area (Å²) in [5.74, 6) is -0.0758. The highest BCUT2D eigenvalue weighted by Crippen LogP contribution is 2.23. The molecule has 0 spiro atoms. The minimum Gasteiger partial charge on any atom is -0.369 e. The van der Waals surface area contributed by atoms with E-state index >= 15 is 0 Å². The molecule has 0 saturated carbocycles. The molecule has 2 N–H and O–H groups in total. The highest BCUT2D eigenvalue weighted by molar-refractivity contribution is 5.77. The van der Waals surface area contributed by atoms with Gasteiger partial charge in [0, 0.05) is 5.92 Å². The van der Waals surface area contributed by atoms with Crippen LogP contribution in [0.15, 0.2) is 11.6 Å². The number of hydrogen-bond donors (Lipinski definition) is 1. The van der Waals surface area contributed by atoms with Crippen molar-refractivity contribution in [3.63, 3.8) is 0 Å². The van der Waals surface area contributed by atoms with Crippen LogP contribution in [0.4, 0.5) is 0 Å². The largest absolute Gasteiger partial charge is 0.369 e. The van der Waals surface area contributed by atoms with Gasteiger partial charge < -0.3 is 5.73 Å². The molecule has 1 amide bonds. The van der Waals surface area contributed by atoms with E-state index < -0.39 is 0 Å². The van der Waals surface area contributed by atoms with Crippen molar-refractivity contribution in [2.24, 2.45) is 11.7 Å². The molecule has 0 heterocycles. The molecule has 0 aliphatic heterocycles. The van der Waals surface area contributed by atoms with E-state index in [9.17, 15) is 4.79 Å². The second kappa shape index (κ2) is 2.21. The molecule has 0 aromatic heterocycles. The first kappa shape index (κ1) is 6.33. The fourth-order valence-electron chi connectivity index (χ4n) is 1.12. The Hall–Kier alpha value is -0.790. The summed E-state index contributed by atoms with van der Waals surface area (Å²) in [6.45, 7) is 2.03. The fourth-order valence-corrected chi connectivity index (χ4v) is 1.12. The van der Waals surface area contributed by atoms with Crippen LogP contribution < -0.4 is 5.73 Å². The zero-order chi connectivity index (χ0) is 6.85. The zero-order valence-corrected chi connectivity index (χ0v) is 5.55. The van der Waals surface area contributed by atoms with Crippen molar-refractivity contribution in [3.8, 4) is 0 Å². The highest BCUT2D eigenvalue weighted by Gasteiger charge is 2.18. The number of carbonyl (C=O) groups is 1. The van der Waals surface area contributed by atoms with Gasteiger partial charge in [-0.1, -0.05) is 11.6 Å². The Balaban J connectivity index is 2.47. The molecule has 0 fully saturated rings. The second-order valence-corrected chi connectivity index (χ2v) is 2.59. The van der Waals surface area contributed by atoms with Crippen LogP contribution in [0.5, 0.6) is 0 Å². The van der Waals surface area contributed by atoms with Crippen molar-refractivity contribution in [3.05, 3.63) is 11.6 Å². The van der Waals surface area contributed by atoms with Crippen molar-refractivity contribution in [1.82, 2.24) is 0 Å². The average Bonchev–Trinajstić information content (AvgIpc) is 2.14. The smallest absolute Gasteiger partial charge is 0.221 e. The van der Waals surface area contributed by atoms with Gasteiger partial charge >= 0.3 is 0 Å². The molecule has 50 valence electrons. The van der Waals surface area contributed by atoms with E-state index in [1.807, 2.05) is 6.92 Å². The summed E-state index contributed by atoms with van der Waals surface area (Å²) >= 11 is 0. The first-order valence-corrected chi connectivity index (χ1v) is 3.15. The monoisotopic (exact) mass is 125 g/mol. The molecule has 1 rings (SSSR count). The van der Waals surface area contributed by atoms with Crippen molar-refractivity contribution in [1.29, 1.82) is 0 Å². The third kappa shape index (κ3) is 1.31. The summed E-state index contributed by atoms with van der Waals surface area (Å²) in [6.07, 6.45) is 3.80. The first-order chi connectivity index (χ1) is 4.20. The maximum absolute atomic E-state index is 10.5. The van der Waals surface area contributed by atoms with Crippen LogP contribution in [-0.2, 0) is 4.79 Å². The minimum absolute atomic E-state index is 0.0880. The SMILES string of the molecule is CC1=CC[C@H](C(N)=O)C1. The van der Waals surface area contributed by atoms with Gasteiger partial charge in [-0.05, 0) is 19.8 Å². The van der Waals surface area contributed by atoms with E-state index in [4.69, 9.17) is 5.73 Å². The molecular formula is C7H11NO. The van der Waals surface area contributed by atoms with Gasteiger partial charge in [0.05, 0.1) is 0 Å². The molecule has 0 aromatic carbocycles. The standard InChI is InChI=1S/C7H11NO/c1-5-2-3-6(4-5)7(8)9/h2,6H,3-4H2,1H3,(H2,8,9)/t6-/m0/s1. The number of rotatable bonds is 1. The van der Waals surface area contributed by atoms with Crippen LogP contribution in [-0.4, -0.2) is 5.91 Å². The van der Waals surface area contributed by atoms with E-state index in [0.717, 1.165) is 12.8 Å². The van der Waals surface area contributed by atoms with E-state index in [1.54, 1.807) is 0 Å². The molecule has 0 radical (unpaired) electrons. The van der Waals surface area contributed by atoms with Crippen molar-refractivity contribution >= 4 is 5.91 Å². The van der Waals surface area contributed by atoms with Crippen molar-refractivity contribution in [2.75, 3.05) is 0 Å². The van der Waals surface area contributed by atoms with Crippen molar-refractivity contribution < 1.29 is 4.79 Å². The number of primary amides is 1. The Labute approximate surface area is 54.7 Å².